The van der Waals surface area contributed by atoms with E-state index in [2.05, 4.69) is 50.9 Å². The molecule has 2 aromatic rings. The van der Waals surface area contributed by atoms with Gasteiger partial charge in [-0.05, 0) is 83.0 Å². The first kappa shape index (κ1) is 28.1. The molecule has 0 atom stereocenters. The summed E-state index contributed by atoms with van der Waals surface area (Å²) in [4.78, 5) is 39.4. The highest BCUT2D eigenvalue weighted by molar-refractivity contribution is 6.02. The second-order valence-electron chi connectivity index (χ2n) is 10.6. The highest BCUT2D eigenvalue weighted by atomic mass is 16.2. The van der Waals surface area contributed by atoms with Gasteiger partial charge in [0.1, 0.15) is 5.82 Å². The quantitative estimate of drug-likeness (QED) is 0.367. The zero-order valence-electron chi connectivity index (χ0n) is 23.2. The summed E-state index contributed by atoms with van der Waals surface area (Å²) in [6, 6.07) is 10.5. The number of aromatic nitrogens is 1. The maximum atomic E-state index is 12.9. The molecule has 1 saturated heterocycles. The lowest BCUT2D eigenvalue weighted by molar-refractivity contribution is -0.117. The second kappa shape index (κ2) is 12.8. The Morgan fingerprint density at radius 3 is 2.36 bits per heavy atom. The number of hydrogen-bond acceptors (Lipinski definition) is 6. The average Bonchev–Trinajstić information content (AvgIpc) is 2.94. The van der Waals surface area contributed by atoms with Gasteiger partial charge < -0.3 is 25.3 Å². The Kier molecular flexibility index (Phi) is 9.20. The number of piperidine rings is 1. The molecule has 4 rings (SSSR count). The molecular weight excluding hydrogens is 490 g/mol. The molecule has 9 nitrogen and oxygen atoms in total. The molecule has 0 unspecified atom stereocenters. The summed E-state index contributed by atoms with van der Waals surface area (Å²) < 4.78 is 0. The van der Waals surface area contributed by atoms with Gasteiger partial charge in [0.15, 0.2) is 0 Å². The van der Waals surface area contributed by atoms with Crippen molar-refractivity contribution in [2.75, 3.05) is 47.6 Å². The first-order valence-corrected chi connectivity index (χ1v) is 13.7. The molecule has 0 spiro atoms. The molecule has 2 heterocycles. The minimum absolute atomic E-state index is 0.0108. The second-order valence-corrected chi connectivity index (χ2v) is 10.6. The number of hydrogen-bond donors (Lipinski definition) is 2. The van der Waals surface area contributed by atoms with Gasteiger partial charge in [0.2, 0.25) is 17.5 Å². The summed E-state index contributed by atoms with van der Waals surface area (Å²) in [5, 5.41) is 6.46. The van der Waals surface area contributed by atoms with Crippen molar-refractivity contribution in [1.29, 1.82) is 0 Å². The molecule has 2 amide bonds. The minimum atomic E-state index is -0.268. The van der Waals surface area contributed by atoms with E-state index < -0.39 is 0 Å². The third-order valence-electron chi connectivity index (χ3n) is 7.87. The van der Waals surface area contributed by atoms with Gasteiger partial charge in [-0.3, -0.25) is 14.6 Å². The fraction of sp³-hybridized carbons (Fsp3) is 0.467. The number of carbonyl (C=O) groups is 2. The minimum Gasteiger partial charge on any atom is -0.370 e. The fourth-order valence-corrected chi connectivity index (χ4v) is 5.73. The van der Waals surface area contributed by atoms with Crippen LogP contribution in [0.3, 0.4) is 0 Å². The van der Waals surface area contributed by atoms with E-state index in [-0.39, 0.29) is 23.9 Å². The number of nitrogens with one attached hydrogen (secondary N) is 2. The first-order valence-electron chi connectivity index (χ1n) is 13.7. The molecule has 1 aromatic heterocycles. The van der Waals surface area contributed by atoms with E-state index >= 15 is 0 Å². The van der Waals surface area contributed by atoms with Crippen LogP contribution in [0.15, 0.2) is 49.2 Å². The zero-order chi connectivity index (χ0) is 27.9. The summed E-state index contributed by atoms with van der Waals surface area (Å²) in [5.41, 5.74) is 2.99. The van der Waals surface area contributed by atoms with Crippen molar-refractivity contribution in [1.82, 2.24) is 9.88 Å². The van der Waals surface area contributed by atoms with Crippen molar-refractivity contribution in [2.45, 2.75) is 63.6 Å². The third kappa shape index (κ3) is 6.95. The summed E-state index contributed by atoms with van der Waals surface area (Å²) in [6.07, 6.45) is 8.47. The highest BCUT2D eigenvalue weighted by Gasteiger charge is 2.30. The Labute approximate surface area is 231 Å². The van der Waals surface area contributed by atoms with E-state index in [0.717, 1.165) is 68.8 Å². The predicted molar refractivity (Wildman–Crippen MR) is 158 cm³/mol. The van der Waals surface area contributed by atoms with Crippen LogP contribution in [0.1, 0.15) is 45.4 Å². The van der Waals surface area contributed by atoms with Crippen LogP contribution >= 0.6 is 0 Å². The topological polar surface area (TPSA) is 85.2 Å². The fourth-order valence-electron chi connectivity index (χ4n) is 5.73. The SMILES string of the molecule is [C-]#[N+]c1ccc(NC2CCC(N(C(C)=O)c3ccc(N4CCC(N(C)C)CC4)c(NC(=O)C=C)c3)CC2)nc1. The maximum Gasteiger partial charge on any atom is 0.247 e. The largest absolute Gasteiger partial charge is 0.370 e. The van der Waals surface area contributed by atoms with E-state index in [0.29, 0.717) is 17.4 Å². The number of pyridine rings is 1. The number of amides is 2. The van der Waals surface area contributed by atoms with Crippen LogP contribution in [0.2, 0.25) is 0 Å². The summed E-state index contributed by atoms with van der Waals surface area (Å²) in [6.45, 7) is 14.1. The third-order valence-corrected chi connectivity index (χ3v) is 7.87. The molecule has 0 radical (unpaired) electrons. The standard InChI is InChI=1S/C30H39N7O2/c1-6-30(39)34-27-19-26(12-13-28(27)36-17-15-24(16-18-36)35(4)5)37(21(2)38)25-10-7-22(8-11-25)33-29-14-9-23(31-3)20-32-29/h6,9,12-14,19-20,22,24-25H,1,7-8,10-11,15-18H2,2,4-5H3,(H,32,33)(H,34,39). The number of anilines is 4. The van der Waals surface area contributed by atoms with Crippen LogP contribution < -0.4 is 20.4 Å². The van der Waals surface area contributed by atoms with Crippen molar-refractivity contribution in [3.63, 3.8) is 0 Å². The van der Waals surface area contributed by atoms with E-state index in [9.17, 15) is 9.59 Å². The zero-order valence-corrected chi connectivity index (χ0v) is 23.2. The Hall–Kier alpha value is -3.90. The van der Waals surface area contributed by atoms with Gasteiger partial charge in [0.25, 0.3) is 0 Å². The molecular formula is C30H39N7O2. The van der Waals surface area contributed by atoms with Gasteiger partial charge in [-0.25, -0.2) is 4.85 Å². The summed E-state index contributed by atoms with van der Waals surface area (Å²) in [7, 11) is 4.24. The van der Waals surface area contributed by atoms with E-state index in [1.165, 1.54) is 6.08 Å². The maximum absolute atomic E-state index is 12.9. The molecule has 0 bridgehead atoms. The number of rotatable bonds is 8. The van der Waals surface area contributed by atoms with E-state index in [1.54, 1.807) is 19.2 Å². The van der Waals surface area contributed by atoms with Crippen molar-refractivity contribution in [3.05, 3.63) is 60.6 Å². The van der Waals surface area contributed by atoms with Gasteiger partial charge in [0.05, 0.1) is 17.9 Å². The van der Waals surface area contributed by atoms with Gasteiger partial charge in [-0.2, -0.15) is 0 Å². The van der Waals surface area contributed by atoms with Crippen molar-refractivity contribution in [3.8, 4) is 0 Å². The van der Waals surface area contributed by atoms with Gasteiger partial charge in [-0.15, -0.1) is 0 Å². The molecule has 2 aliphatic rings. The first-order chi connectivity index (χ1) is 18.8. The van der Waals surface area contributed by atoms with Crippen LogP contribution in [0, 0.1) is 6.57 Å². The lowest BCUT2D eigenvalue weighted by Gasteiger charge is -2.39. The molecule has 9 heteroatoms. The smallest absolute Gasteiger partial charge is 0.247 e. The van der Waals surface area contributed by atoms with Crippen LogP contribution in [-0.2, 0) is 9.59 Å². The normalized spacial score (nSPS) is 19.7. The molecule has 206 valence electrons. The Morgan fingerprint density at radius 1 is 1.08 bits per heavy atom. The predicted octanol–water partition coefficient (Wildman–Crippen LogP) is 5.06. The molecule has 1 aromatic carbocycles. The van der Waals surface area contributed by atoms with Crippen LogP contribution in [0.5, 0.6) is 0 Å². The molecule has 2 N–H and O–H groups in total. The lowest BCUT2D eigenvalue weighted by atomic mass is 9.89. The highest BCUT2D eigenvalue weighted by Crippen LogP contribution is 2.36. The van der Waals surface area contributed by atoms with Gasteiger partial charge in [0, 0.05) is 50.0 Å². The van der Waals surface area contributed by atoms with Crippen LogP contribution in [0.25, 0.3) is 4.85 Å². The Balaban J connectivity index is 1.48. The lowest BCUT2D eigenvalue weighted by Crippen LogP contribution is -2.43. The van der Waals surface area contributed by atoms with Crippen molar-refractivity contribution >= 4 is 40.4 Å². The Morgan fingerprint density at radius 2 is 1.79 bits per heavy atom. The monoisotopic (exact) mass is 529 g/mol. The molecule has 1 aliphatic heterocycles. The molecule has 39 heavy (non-hydrogen) atoms. The van der Waals surface area contributed by atoms with E-state index in [1.807, 2.05) is 29.2 Å². The molecule has 1 saturated carbocycles. The summed E-state index contributed by atoms with van der Waals surface area (Å²) in [5.74, 6) is 0.487. The number of nitrogens with zero attached hydrogens (tertiary/aromatic N) is 5. The van der Waals surface area contributed by atoms with Crippen molar-refractivity contribution in [2.24, 2.45) is 0 Å². The van der Waals surface area contributed by atoms with Crippen molar-refractivity contribution < 1.29 is 9.59 Å². The summed E-state index contributed by atoms with van der Waals surface area (Å²) >= 11 is 0. The van der Waals surface area contributed by atoms with Gasteiger partial charge in [-0.1, -0.05) is 12.6 Å². The molecule has 2 fully saturated rings. The number of benzene rings is 1. The average molecular weight is 530 g/mol. The van der Waals surface area contributed by atoms with Crippen LogP contribution in [-0.4, -0.2) is 67.0 Å². The molecule has 1 aliphatic carbocycles. The van der Waals surface area contributed by atoms with Crippen LogP contribution in [0.4, 0.5) is 28.6 Å². The Bertz CT molecular complexity index is 1200. The van der Waals surface area contributed by atoms with E-state index in [4.69, 9.17) is 6.57 Å². The van der Waals surface area contributed by atoms with Gasteiger partial charge >= 0.3 is 0 Å². The number of carbonyl (C=O) groups excluding carboxylic acids is 2.